The molecule has 0 aromatic heterocycles. The van der Waals surface area contributed by atoms with Gasteiger partial charge in [-0.15, -0.1) is 0 Å². The number of aliphatic hydroxyl groups is 4. The molecule has 0 spiro atoms. The smallest absolute Gasteiger partial charge is 0.172 e. The largest absolute Gasteiger partial charge is 0.392 e. The van der Waals surface area contributed by atoms with Crippen LogP contribution in [-0.4, -0.2) is 81.1 Å². The summed E-state index contributed by atoms with van der Waals surface area (Å²) < 4.78 is 0. The number of hydrogen-bond acceptors (Lipinski definition) is 6. The number of aliphatic hydroxyl groups excluding tert-OH is 2. The first-order valence-corrected chi connectivity index (χ1v) is 6.46. The SMILES string of the molecule is CCN(CC(C)O)CC(O)N(CC)CC(C)(O)O. The monoisotopic (exact) mass is 264 g/mol. The molecule has 0 aliphatic rings. The molecule has 6 heteroatoms. The molecule has 0 radical (unpaired) electrons. The van der Waals surface area contributed by atoms with Crippen LogP contribution >= 0.6 is 0 Å². The maximum atomic E-state index is 10.1. The lowest BCUT2D eigenvalue weighted by molar-refractivity contribution is -0.177. The lowest BCUT2D eigenvalue weighted by Crippen LogP contribution is -2.50. The molecular formula is C12H28N2O4. The van der Waals surface area contributed by atoms with E-state index in [1.54, 1.807) is 11.8 Å². The Balaban J connectivity index is 4.36. The van der Waals surface area contributed by atoms with Gasteiger partial charge in [-0.05, 0) is 26.9 Å². The molecule has 0 saturated carbocycles. The van der Waals surface area contributed by atoms with E-state index in [4.69, 9.17) is 0 Å². The van der Waals surface area contributed by atoms with Crippen molar-refractivity contribution in [2.24, 2.45) is 0 Å². The second-order valence-electron chi connectivity index (χ2n) is 4.96. The highest BCUT2D eigenvalue weighted by Crippen LogP contribution is 2.06. The van der Waals surface area contributed by atoms with Gasteiger partial charge in [-0.1, -0.05) is 13.8 Å². The molecule has 0 saturated heterocycles. The predicted octanol–water partition coefficient (Wildman–Crippen LogP) is -0.970. The Morgan fingerprint density at radius 3 is 1.94 bits per heavy atom. The fourth-order valence-electron chi connectivity index (χ4n) is 1.87. The Kier molecular flexibility index (Phi) is 7.93. The number of likely N-dealkylation sites (N-methyl/N-ethyl adjacent to an activating group) is 2. The fourth-order valence-corrected chi connectivity index (χ4v) is 1.87. The van der Waals surface area contributed by atoms with Crippen molar-refractivity contribution in [3.63, 3.8) is 0 Å². The van der Waals surface area contributed by atoms with E-state index in [0.29, 0.717) is 19.6 Å². The van der Waals surface area contributed by atoms with Gasteiger partial charge in [-0.3, -0.25) is 9.80 Å². The van der Waals surface area contributed by atoms with Crippen LogP contribution in [0.2, 0.25) is 0 Å². The van der Waals surface area contributed by atoms with Crippen LogP contribution in [0.4, 0.5) is 0 Å². The highest BCUT2D eigenvalue weighted by molar-refractivity contribution is 4.71. The summed E-state index contributed by atoms with van der Waals surface area (Å²) in [6.45, 7) is 8.86. The van der Waals surface area contributed by atoms with Crippen molar-refractivity contribution in [1.29, 1.82) is 0 Å². The van der Waals surface area contributed by atoms with Crippen LogP contribution < -0.4 is 0 Å². The minimum atomic E-state index is -1.82. The minimum absolute atomic E-state index is 0.0170. The molecule has 110 valence electrons. The Morgan fingerprint density at radius 2 is 1.61 bits per heavy atom. The molecule has 2 atom stereocenters. The second-order valence-corrected chi connectivity index (χ2v) is 4.96. The maximum Gasteiger partial charge on any atom is 0.172 e. The summed E-state index contributed by atoms with van der Waals surface area (Å²) in [5.74, 6) is -1.82. The van der Waals surface area contributed by atoms with Crippen LogP contribution in [0.15, 0.2) is 0 Å². The lowest BCUT2D eigenvalue weighted by atomic mass is 10.2. The van der Waals surface area contributed by atoms with Crippen LogP contribution in [0, 0.1) is 0 Å². The molecule has 0 aliphatic heterocycles. The Bertz CT molecular complexity index is 219. The van der Waals surface area contributed by atoms with E-state index >= 15 is 0 Å². The average molecular weight is 264 g/mol. The summed E-state index contributed by atoms with van der Waals surface area (Å²) in [7, 11) is 0. The third-order valence-corrected chi connectivity index (χ3v) is 2.72. The Labute approximate surface area is 109 Å². The first-order chi connectivity index (χ1) is 8.19. The lowest BCUT2D eigenvalue weighted by Gasteiger charge is -2.34. The van der Waals surface area contributed by atoms with Crippen LogP contribution in [-0.2, 0) is 0 Å². The molecular weight excluding hydrogens is 236 g/mol. The van der Waals surface area contributed by atoms with Gasteiger partial charge < -0.3 is 20.4 Å². The summed E-state index contributed by atoms with van der Waals surface area (Å²) in [5, 5.41) is 38.1. The standard InChI is InChI=1S/C12H28N2O4/c1-5-13(7-10(3)15)8-11(16)14(6-2)9-12(4,17)18/h10-11,15-18H,5-9H2,1-4H3. The van der Waals surface area contributed by atoms with Crippen molar-refractivity contribution in [3.8, 4) is 0 Å². The number of hydrogen-bond donors (Lipinski definition) is 4. The predicted molar refractivity (Wildman–Crippen MR) is 69.9 cm³/mol. The average Bonchev–Trinajstić information content (AvgIpc) is 2.22. The molecule has 4 N–H and O–H groups in total. The third-order valence-electron chi connectivity index (χ3n) is 2.72. The zero-order valence-corrected chi connectivity index (χ0v) is 11.9. The molecule has 2 unspecified atom stereocenters. The maximum absolute atomic E-state index is 10.1. The van der Waals surface area contributed by atoms with E-state index in [-0.39, 0.29) is 6.54 Å². The zero-order chi connectivity index (χ0) is 14.3. The zero-order valence-electron chi connectivity index (χ0n) is 11.9. The van der Waals surface area contributed by atoms with Gasteiger partial charge >= 0.3 is 0 Å². The van der Waals surface area contributed by atoms with Gasteiger partial charge in [-0.2, -0.15) is 0 Å². The van der Waals surface area contributed by atoms with E-state index in [9.17, 15) is 20.4 Å². The molecule has 0 fully saturated rings. The molecule has 0 rings (SSSR count). The second kappa shape index (κ2) is 8.04. The van der Waals surface area contributed by atoms with E-state index in [0.717, 1.165) is 6.54 Å². The molecule has 6 nitrogen and oxygen atoms in total. The molecule has 0 aliphatic carbocycles. The Hall–Kier alpha value is -0.240. The van der Waals surface area contributed by atoms with Crippen molar-refractivity contribution < 1.29 is 20.4 Å². The van der Waals surface area contributed by atoms with E-state index in [1.165, 1.54) is 6.92 Å². The first-order valence-electron chi connectivity index (χ1n) is 6.46. The summed E-state index contributed by atoms with van der Waals surface area (Å²) in [4.78, 5) is 3.51. The van der Waals surface area contributed by atoms with E-state index in [1.807, 2.05) is 18.7 Å². The minimum Gasteiger partial charge on any atom is -0.392 e. The molecule has 0 bridgehead atoms. The van der Waals surface area contributed by atoms with Gasteiger partial charge in [0.25, 0.3) is 0 Å². The quantitative estimate of drug-likeness (QED) is 0.401. The van der Waals surface area contributed by atoms with Crippen LogP contribution in [0.5, 0.6) is 0 Å². The van der Waals surface area contributed by atoms with Crippen molar-refractivity contribution in [2.75, 3.05) is 32.7 Å². The summed E-state index contributed by atoms with van der Waals surface area (Å²) >= 11 is 0. The van der Waals surface area contributed by atoms with Crippen LogP contribution in [0.25, 0.3) is 0 Å². The molecule has 0 heterocycles. The number of nitrogens with zero attached hydrogens (tertiary/aromatic N) is 2. The number of rotatable bonds is 9. The Morgan fingerprint density at radius 1 is 1.06 bits per heavy atom. The summed E-state index contributed by atoms with van der Waals surface area (Å²) in [5.41, 5.74) is 0. The van der Waals surface area contributed by atoms with E-state index in [2.05, 4.69) is 0 Å². The molecule has 0 amide bonds. The van der Waals surface area contributed by atoms with Gasteiger partial charge in [-0.25, -0.2) is 0 Å². The van der Waals surface area contributed by atoms with E-state index < -0.39 is 18.1 Å². The highest BCUT2D eigenvalue weighted by atomic mass is 16.5. The molecule has 0 aromatic rings. The summed E-state index contributed by atoms with van der Waals surface area (Å²) in [6.07, 6.45) is -1.24. The van der Waals surface area contributed by atoms with Crippen molar-refractivity contribution >= 4 is 0 Å². The van der Waals surface area contributed by atoms with Crippen molar-refractivity contribution in [3.05, 3.63) is 0 Å². The normalized spacial score (nSPS) is 16.3. The van der Waals surface area contributed by atoms with Gasteiger partial charge in [0, 0.05) is 13.1 Å². The van der Waals surface area contributed by atoms with Gasteiger partial charge in [0.1, 0.15) is 6.23 Å². The van der Waals surface area contributed by atoms with Gasteiger partial charge in [0.05, 0.1) is 12.6 Å². The summed E-state index contributed by atoms with van der Waals surface area (Å²) in [6, 6.07) is 0. The first kappa shape index (κ1) is 17.8. The van der Waals surface area contributed by atoms with Crippen LogP contribution in [0.3, 0.4) is 0 Å². The fraction of sp³-hybridized carbons (Fsp3) is 1.00. The topological polar surface area (TPSA) is 87.4 Å². The van der Waals surface area contributed by atoms with Gasteiger partial charge in [0.2, 0.25) is 0 Å². The third kappa shape index (κ3) is 7.97. The highest BCUT2D eigenvalue weighted by Gasteiger charge is 2.25. The van der Waals surface area contributed by atoms with Crippen molar-refractivity contribution in [2.45, 2.75) is 45.8 Å². The van der Waals surface area contributed by atoms with Crippen molar-refractivity contribution in [1.82, 2.24) is 9.80 Å². The molecule has 18 heavy (non-hydrogen) atoms. The molecule has 0 aromatic carbocycles. The van der Waals surface area contributed by atoms with Gasteiger partial charge in [0.15, 0.2) is 5.79 Å². The van der Waals surface area contributed by atoms with Crippen LogP contribution in [0.1, 0.15) is 27.7 Å².